The van der Waals surface area contributed by atoms with Crippen molar-refractivity contribution in [2.45, 2.75) is 11.8 Å². The van der Waals surface area contributed by atoms with Crippen LogP contribution in [0.5, 0.6) is 0 Å². The molecule has 0 unspecified atom stereocenters. The van der Waals surface area contributed by atoms with Gasteiger partial charge in [0.25, 0.3) is 10.0 Å². The molecule has 0 amide bonds. The highest BCUT2D eigenvalue weighted by Gasteiger charge is 2.15. The lowest BCUT2D eigenvalue weighted by atomic mass is 10.2. The van der Waals surface area contributed by atoms with E-state index in [0.717, 1.165) is 5.56 Å². The monoisotopic (exact) mass is 319 g/mol. The maximum absolute atomic E-state index is 12.2. The Bertz CT molecular complexity index is 988. The summed E-state index contributed by atoms with van der Waals surface area (Å²) in [6.07, 6.45) is 0. The SMILES string of the molecule is Cc1cccc(NNS(=O)(=O)c2ccc3oc(=O)[nH]c3c2)c1. The predicted octanol–water partition coefficient (Wildman–Crippen LogP) is 1.73. The molecule has 114 valence electrons. The minimum absolute atomic E-state index is 0.0113. The van der Waals surface area contributed by atoms with Crippen LogP contribution < -0.4 is 16.0 Å². The van der Waals surface area contributed by atoms with E-state index >= 15 is 0 Å². The molecule has 2 aromatic carbocycles. The highest BCUT2D eigenvalue weighted by atomic mass is 32.2. The molecule has 1 aromatic heterocycles. The molecule has 3 aromatic rings. The molecule has 7 nitrogen and oxygen atoms in total. The maximum atomic E-state index is 12.2. The zero-order valence-corrected chi connectivity index (χ0v) is 12.4. The third kappa shape index (κ3) is 2.87. The van der Waals surface area contributed by atoms with Gasteiger partial charge < -0.3 is 9.84 Å². The molecule has 0 aliphatic heterocycles. The van der Waals surface area contributed by atoms with Gasteiger partial charge in [0.15, 0.2) is 5.58 Å². The molecule has 0 aliphatic carbocycles. The van der Waals surface area contributed by atoms with Gasteiger partial charge in [-0.3, -0.25) is 4.98 Å². The molecule has 22 heavy (non-hydrogen) atoms. The van der Waals surface area contributed by atoms with Crippen LogP contribution >= 0.6 is 0 Å². The van der Waals surface area contributed by atoms with E-state index in [1.807, 2.05) is 19.1 Å². The number of aryl methyl sites for hydroxylation is 1. The molecule has 0 saturated carbocycles. The molecular weight excluding hydrogens is 306 g/mol. The zero-order chi connectivity index (χ0) is 15.7. The Morgan fingerprint density at radius 3 is 2.73 bits per heavy atom. The molecule has 0 saturated heterocycles. The van der Waals surface area contributed by atoms with Gasteiger partial charge in [-0.15, -0.1) is 4.83 Å². The molecule has 0 fully saturated rings. The van der Waals surface area contributed by atoms with E-state index in [-0.39, 0.29) is 4.90 Å². The molecule has 0 aliphatic rings. The third-order valence-corrected chi connectivity index (χ3v) is 4.29. The van der Waals surface area contributed by atoms with Crippen molar-refractivity contribution in [1.82, 2.24) is 9.82 Å². The summed E-state index contributed by atoms with van der Waals surface area (Å²) >= 11 is 0. The number of hydrazine groups is 1. The smallest absolute Gasteiger partial charge is 0.408 e. The van der Waals surface area contributed by atoms with Crippen molar-refractivity contribution in [1.29, 1.82) is 0 Å². The maximum Gasteiger partial charge on any atom is 0.417 e. The van der Waals surface area contributed by atoms with Gasteiger partial charge in [0, 0.05) is 0 Å². The number of H-pyrrole nitrogens is 1. The summed E-state index contributed by atoms with van der Waals surface area (Å²) < 4.78 is 29.3. The summed E-state index contributed by atoms with van der Waals surface area (Å²) in [7, 11) is -3.78. The second-order valence-corrected chi connectivity index (χ2v) is 6.45. The van der Waals surface area contributed by atoms with Crippen molar-refractivity contribution in [3.63, 3.8) is 0 Å². The fourth-order valence-electron chi connectivity index (χ4n) is 2.01. The average Bonchev–Trinajstić information content (AvgIpc) is 2.84. The minimum atomic E-state index is -3.78. The fourth-order valence-corrected chi connectivity index (χ4v) is 2.90. The quantitative estimate of drug-likeness (QED) is 0.635. The molecule has 3 N–H and O–H groups in total. The average molecular weight is 319 g/mol. The summed E-state index contributed by atoms with van der Waals surface area (Å²) in [5, 5.41) is 0. The van der Waals surface area contributed by atoms with Gasteiger partial charge in [0.2, 0.25) is 0 Å². The summed E-state index contributed by atoms with van der Waals surface area (Å²) in [5.41, 5.74) is 4.90. The normalized spacial score (nSPS) is 11.7. The van der Waals surface area contributed by atoms with E-state index < -0.39 is 15.8 Å². The number of oxazole rings is 1. The van der Waals surface area contributed by atoms with Crippen molar-refractivity contribution < 1.29 is 12.8 Å². The number of aromatic nitrogens is 1. The second kappa shape index (κ2) is 5.32. The topological polar surface area (TPSA) is 104 Å². The number of anilines is 1. The number of hydrogen-bond acceptors (Lipinski definition) is 5. The van der Waals surface area contributed by atoms with Crippen molar-refractivity contribution in [2.24, 2.45) is 0 Å². The van der Waals surface area contributed by atoms with Crippen LogP contribution in [-0.4, -0.2) is 13.4 Å². The van der Waals surface area contributed by atoms with Crippen LogP contribution in [0, 0.1) is 6.92 Å². The number of nitrogens with one attached hydrogen (secondary N) is 3. The van der Waals surface area contributed by atoms with E-state index in [1.165, 1.54) is 18.2 Å². The Kier molecular flexibility index (Phi) is 3.47. The Hall–Kier alpha value is -2.58. The first-order chi connectivity index (χ1) is 10.4. The number of hydrogen-bond donors (Lipinski definition) is 3. The largest absolute Gasteiger partial charge is 0.417 e. The Morgan fingerprint density at radius 2 is 1.95 bits per heavy atom. The third-order valence-electron chi connectivity index (χ3n) is 3.05. The van der Waals surface area contributed by atoms with Crippen molar-refractivity contribution in [2.75, 3.05) is 5.43 Å². The summed E-state index contributed by atoms with van der Waals surface area (Å²) in [6, 6.07) is 11.4. The van der Waals surface area contributed by atoms with E-state index in [2.05, 4.69) is 15.2 Å². The molecular formula is C14H13N3O4S. The Labute approximate surface area is 126 Å². The molecule has 3 rings (SSSR count). The van der Waals surface area contributed by atoms with E-state index in [9.17, 15) is 13.2 Å². The standard InChI is InChI=1S/C14H13N3O4S/c1-9-3-2-4-10(7-9)16-17-22(19,20)11-5-6-13-12(8-11)15-14(18)21-13/h2-8,16-17H,1H3,(H,15,18). The van der Waals surface area contributed by atoms with Crippen LogP contribution in [0.15, 0.2) is 56.6 Å². The number of rotatable bonds is 4. The second-order valence-electron chi connectivity index (χ2n) is 4.77. The van der Waals surface area contributed by atoms with E-state index in [4.69, 9.17) is 4.42 Å². The molecule has 0 spiro atoms. The van der Waals surface area contributed by atoms with Crippen LogP contribution in [-0.2, 0) is 10.0 Å². The lowest BCUT2D eigenvalue weighted by molar-refractivity contribution is 0.555. The number of sulfonamides is 1. The summed E-state index contributed by atoms with van der Waals surface area (Å²) in [5.74, 6) is -0.629. The van der Waals surface area contributed by atoms with Gasteiger partial charge in [-0.05, 0) is 42.8 Å². The van der Waals surface area contributed by atoms with Crippen LogP contribution in [0.3, 0.4) is 0 Å². The number of fused-ring (bicyclic) bond motifs is 1. The van der Waals surface area contributed by atoms with Gasteiger partial charge >= 0.3 is 5.76 Å². The summed E-state index contributed by atoms with van der Waals surface area (Å²) in [6.45, 7) is 1.91. The minimum Gasteiger partial charge on any atom is -0.408 e. The van der Waals surface area contributed by atoms with Crippen molar-refractivity contribution in [3.05, 3.63) is 58.6 Å². The molecule has 0 bridgehead atoms. The van der Waals surface area contributed by atoms with Gasteiger partial charge in [-0.2, -0.15) is 0 Å². The Morgan fingerprint density at radius 1 is 1.14 bits per heavy atom. The molecule has 8 heteroatoms. The Balaban J connectivity index is 1.86. The number of aromatic amines is 1. The van der Waals surface area contributed by atoms with E-state index in [0.29, 0.717) is 16.8 Å². The molecule has 0 atom stereocenters. The first kappa shape index (κ1) is 14.4. The lowest BCUT2D eigenvalue weighted by Crippen LogP contribution is -2.29. The predicted molar refractivity (Wildman–Crippen MR) is 82.0 cm³/mol. The van der Waals surface area contributed by atoms with Gasteiger partial charge in [-0.1, -0.05) is 12.1 Å². The van der Waals surface area contributed by atoms with Gasteiger partial charge in [-0.25, -0.2) is 13.2 Å². The van der Waals surface area contributed by atoms with Gasteiger partial charge in [0.05, 0.1) is 16.1 Å². The highest BCUT2D eigenvalue weighted by Crippen LogP contribution is 2.16. The molecule has 0 radical (unpaired) electrons. The lowest BCUT2D eigenvalue weighted by Gasteiger charge is -2.09. The highest BCUT2D eigenvalue weighted by molar-refractivity contribution is 7.89. The number of benzene rings is 2. The van der Waals surface area contributed by atoms with Crippen molar-refractivity contribution >= 4 is 26.8 Å². The first-order valence-corrected chi connectivity index (χ1v) is 7.90. The van der Waals surface area contributed by atoms with Crippen LogP contribution in [0.25, 0.3) is 11.1 Å². The van der Waals surface area contributed by atoms with Gasteiger partial charge in [0.1, 0.15) is 0 Å². The summed E-state index contributed by atoms with van der Waals surface area (Å²) in [4.78, 5) is 15.8. The van der Waals surface area contributed by atoms with Crippen LogP contribution in [0.2, 0.25) is 0 Å². The van der Waals surface area contributed by atoms with E-state index in [1.54, 1.807) is 12.1 Å². The van der Waals surface area contributed by atoms with Crippen molar-refractivity contribution in [3.8, 4) is 0 Å². The van der Waals surface area contributed by atoms with Crippen LogP contribution in [0.4, 0.5) is 5.69 Å². The molecule has 1 heterocycles. The fraction of sp³-hybridized carbons (Fsp3) is 0.0714. The zero-order valence-electron chi connectivity index (χ0n) is 11.6. The van der Waals surface area contributed by atoms with Crippen LogP contribution in [0.1, 0.15) is 5.56 Å². The first-order valence-electron chi connectivity index (χ1n) is 6.41.